The van der Waals surface area contributed by atoms with Crippen LogP contribution in [0.25, 0.3) is 0 Å². The highest BCUT2D eigenvalue weighted by Gasteiger charge is 2.23. The Morgan fingerprint density at radius 3 is 2.53 bits per heavy atom. The lowest BCUT2D eigenvalue weighted by Gasteiger charge is -2.30. The number of allylic oxidation sites excluding steroid dienone is 1. The van der Waals surface area contributed by atoms with E-state index in [0.717, 1.165) is 19.8 Å². The van der Waals surface area contributed by atoms with Crippen LogP contribution in [0.4, 0.5) is 0 Å². The lowest BCUT2D eigenvalue weighted by Crippen LogP contribution is -2.29. The summed E-state index contributed by atoms with van der Waals surface area (Å²) in [6.07, 6.45) is 7.45. The van der Waals surface area contributed by atoms with Gasteiger partial charge in [0, 0.05) is 0 Å². The Balaban J connectivity index is 2.20. The molecule has 0 spiro atoms. The number of hydrogen-bond acceptors (Lipinski definition) is 2. The van der Waals surface area contributed by atoms with Crippen molar-refractivity contribution in [2.75, 3.05) is 19.8 Å². The molecule has 0 aliphatic heterocycles. The molecule has 2 atom stereocenters. The fraction of sp³-hybridized carbons (Fsp3) is 0.846. The van der Waals surface area contributed by atoms with Crippen molar-refractivity contribution in [3.8, 4) is 0 Å². The van der Waals surface area contributed by atoms with E-state index in [9.17, 15) is 0 Å². The molecular weight excluding hydrogens is 186 g/mol. The fourth-order valence-electron chi connectivity index (χ4n) is 2.26. The van der Waals surface area contributed by atoms with Gasteiger partial charge in [0.2, 0.25) is 0 Å². The van der Waals surface area contributed by atoms with E-state index < -0.39 is 0 Å². The van der Waals surface area contributed by atoms with E-state index >= 15 is 0 Å². The number of rotatable bonds is 5. The normalized spacial score (nSPS) is 26.3. The Labute approximate surface area is 93.9 Å². The Kier molecular flexibility index (Phi) is 5.96. The summed E-state index contributed by atoms with van der Waals surface area (Å²) in [6, 6.07) is 0. The van der Waals surface area contributed by atoms with Crippen molar-refractivity contribution < 1.29 is 4.74 Å². The summed E-state index contributed by atoms with van der Waals surface area (Å²) in [5, 5.41) is 0. The molecule has 0 aromatic heterocycles. The van der Waals surface area contributed by atoms with Crippen molar-refractivity contribution in [2.45, 2.75) is 39.5 Å². The maximum Gasteiger partial charge on any atom is 0.0649 e. The molecule has 0 saturated heterocycles. The number of nitrogens with two attached hydrogens (primary N) is 1. The van der Waals surface area contributed by atoms with Gasteiger partial charge in [0.1, 0.15) is 0 Å². The van der Waals surface area contributed by atoms with Gasteiger partial charge in [0.25, 0.3) is 0 Å². The summed E-state index contributed by atoms with van der Waals surface area (Å²) in [5.41, 5.74) is 7.11. The van der Waals surface area contributed by atoms with Crippen LogP contribution in [-0.4, -0.2) is 19.8 Å². The van der Waals surface area contributed by atoms with Gasteiger partial charge in [-0.1, -0.05) is 24.5 Å². The predicted molar refractivity (Wildman–Crippen MR) is 64.8 cm³/mol. The lowest BCUT2D eigenvalue weighted by molar-refractivity contribution is 0.0769. The van der Waals surface area contributed by atoms with Crippen LogP contribution in [0.3, 0.4) is 0 Å². The Morgan fingerprint density at radius 1 is 1.27 bits per heavy atom. The Morgan fingerprint density at radius 2 is 1.93 bits per heavy atom. The van der Waals surface area contributed by atoms with E-state index in [0.29, 0.717) is 11.8 Å². The molecular formula is C13H25NO. The summed E-state index contributed by atoms with van der Waals surface area (Å²) < 4.78 is 5.68. The first-order chi connectivity index (χ1) is 7.24. The second-order valence-electron chi connectivity index (χ2n) is 4.86. The molecule has 88 valence electrons. The average Bonchev–Trinajstić information content (AvgIpc) is 2.24. The molecule has 0 aromatic rings. The SMILES string of the molecule is CC(C)=CCOCC1CCCCC1CN. The zero-order valence-electron chi connectivity index (χ0n) is 10.2. The quantitative estimate of drug-likeness (QED) is 0.560. The molecule has 0 amide bonds. The molecule has 1 aliphatic carbocycles. The zero-order chi connectivity index (χ0) is 11.1. The average molecular weight is 211 g/mol. The summed E-state index contributed by atoms with van der Waals surface area (Å²) in [6.45, 7) is 6.69. The van der Waals surface area contributed by atoms with E-state index in [1.54, 1.807) is 0 Å². The van der Waals surface area contributed by atoms with Crippen molar-refractivity contribution in [1.29, 1.82) is 0 Å². The number of ether oxygens (including phenoxy) is 1. The fourth-order valence-corrected chi connectivity index (χ4v) is 2.26. The highest BCUT2D eigenvalue weighted by atomic mass is 16.5. The predicted octanol–water partition coefficient (Wildman–Crippen LogP) is 2.73. The minimum Gasteiger partial charge on any atom is -0.377 e. The standard InChI is InChI=1S/C13H25NO/c1-11(2)7-8-15-10-13-6-4-3-5-12(13)9-14/h7,12-13H,3-6,8-10,14H2,1-2H3. The largest absolute Gasteiger partial charge is 0.377 e. The molecule has 2 nitrogen and oxygen atoms in total. The third-order valence-corrected chi connectivity index (χ3v) is 3.31. The van der Waals surface area contributed by atoms with Gasteiger partial charge in [-0.3, -0.25) is 0 Å². The molecule has 2 unspecified atom stereocenters. The van der Waals surface area contributed by atoms with Crippen LogP contribution in [0.15, 0.2) is 11.6 Å². The van der Waals surface area contributed by atoms with Crippen LogP contribution in [-0.2, 0) is 4.74 Å². The molecule has 0 bridgehead atoms. The van der Waals surface area contributed by atoms with Crippen molar-refractivity contribution in [3.05, 3.63) is 11.6 Å². The Bertz CT molecular complexity index is 197. The van der Waals surface area contributed by atoms with E-state index in [1.165, 1.54) is 31.3 Å². The second kappa shape index (κ2) is 7.02. The monoisotopic (exact) mass is 211 g/mol. The molecule has 15 heavy (non-hydrogen) atoms. The third-order valence-electron chi connectivity index (χ3n) is 3.31. The van der Waals surface area contributed by atoms with Gasteiger partial charge in [0.15, 0.2) is 0 Å². The van der Waals surface area contributed by atoms with Crippen LogP contribution < -0.4 is 5.73 Å². The molecule has 0 heterocycles. The first-order valence-electron chi connectivity index (χ1n) is 6.15. The molecule has 1 fully saturated rings. The minimum absolute atomic E-state index is 0.699. The van der Waals surface area contributed by atoms with Gasteiger partial charge in [-0.2, -0.15) is 0 Å². The van der Waals surface area contributed by atoms with Crippen LogP contribution >= 0.6 is 0 Å². The van der Waals surface area contributed by atoms with Crippen LogP contribution in [0.5, 0.6) is 0 Å². The van der Waals surface area contributed by atoms with E-state index in [2.05, 4.69) is 19.9 Å². The van der Waals surface area contributed by atoms with Gasteiger partial charge in [-0.25, -0.2) is 0 Å². The summed E-state index contributed by atoms with van der Waals surface area (Å²) in [7, 11) is 0. The molecule has 2 N–H and O–H groups in total. The van der Waals surface area contributed by atoms with E-state index in [4.69, 9.17) is 10.5 Å². The van der Waals surface area contributed by atoms with E-state index in [1.807, 2.05) is 0 Å². The van der Waals surface area contributed by atoms with E-state index in [-0.39, 0.29) is 0 Å². The van der Waals surface area contributed by atoms with Gasteiger partial charge >= 0.3 is 0 Å². The summed E-state index contributed by atoms with van der Waals surface area (Å²) in [4.78, 5) is 0. The number of hydrogen-bond donors (Lipinski definition) is 1. The third kappa shape index (κ3) is 4.80. The van der Waals surface area contributed by atoms with Gasteiger partial charge in [-0.05, 0) is 45.1 Å². The van der Waals surface area contributed by atoms with Crippen molar-refractivity contribution in [1.82, 2.24) is 0 Å². The topological polar surface area (TPSA) is 35.2 Å². The lowest BCUT2D eigenvalue weighted by atomic mass is 9.80. The van der Waals surface area contributed by atoms with Crippen molar-refractivity contribution in [3.63, 3.8) is 0 Å². The molecule has 0 aromatic carbocycles. The smallest absolute Gasteiger partial charge is 0.0649 e. The summed E-state index contributed by atoms with van der Waals surface area (Å²) in [5.74, 6) is 1.40. The van der Waals surface area contributed by atoms with Crippen LogP contribution in [0.1, 0.15) is 39.5 Å². The molecule has 0 radical (unpaired) electrons. The van der Waals surface area contributed by atoms with Gasteiger partial charge in [0.05, 0.1) is 13.2 Å². The first-order valence-corrected chi connectivity index (χ1v) is 6.15. The van der Waals surface area contributed by atoms with Crippen molar-refractivity contribution in [2.24, 2.45) is 17.6 Å². The summed E-state index contributed by atoms with van der Waals surface area (Å²) >= 11 is 0. The molecule has 1 aliphatic rings. The van der Waals surface area contributed by atoms with Crippen LogP contribution in [0, 0.1) is 11.8 Å². The van der Waals surface area contributed by atoms with Crippen molar-refractivity contribution >= 4 is 0 Å². The second-order valence-corrected chi connectivity index (χ2v) is 4.86. The Hall–Kier alpha value is -0.340. The minimum atomic E-state index is 0.699. The highest BCUT2D eigenvalue weighted by molar-refractivity contribution is 4.92. The molecule has 2 heteroatoms. The van der Waals surface area contributed by atoms with Crippen LogP contribution in [0.2, 0.25) is 0 Å². The maximum absolute atomic E-state index is 5.78. The van der Waals surface area contributed by atoms with Gasteiger partial charge < -0.3 is 10.5 Å². The highest BCUT2D eigenvalue weighted by Crippen LogP contribution is 2.29. The van der Waals surface area contributed by atoms with Gasteiger partial charge in [-0.15, -0.1) is 0 Å². The molecule has 1 rings (SSSR count). The maximum atomic E-state index is 5.78. The first kappa shape index (κ1) is 12.7. The zero-order valence-corrected chi connectivity index (χ0v) is 10.2. The molecule has 1 saturated carbocycles.